The zero-order valence-electron chi connectivity index (χ0n) is 12.9. The van der Waals surface area contributed by atoms with E-state index >= 15 is 0 Å². The standard InChI is InChI=1S/C17H25NO2/c1-6-7-12-20-15(4)17(19)18(5)14(3)16-10-8-13(2)9-11-16/h6,8-11,14-15H,1,7,12H2,2-5H3. The number of carbonyl (C=O) groups excluding carboxylic acids is 1. The van der Waals surface area contributed by atoms with Crippen molar-refractivity contribution in [3.8, 4) is 0 Å². The lowest BCUT2D eigenvalue weighted by Gasteiger charge is -2.28. The summed E-state index contributed by atoms with van der Waals surface area (Å²) in [5.41, 5.74) is 2.35. The van der Waals surface area contributed by atoms with Crippen LogP contribution in [0.25, 0.3) is 0 Å². The molecule has 20 heavy (non-hydrogen) atoms. The number of benzene rings is 1. The fraction of sp³-hybridized carbons (Fsp3) is 0.471. The molecule has 0 saturated heterocycles. The second kappa shape index (κ2) is 7.85. The number of aryl methyl sites for hydroxylation is 1. The van der Waals surface area contributed by atoms with Gasteiger partial charge in [-0.25, -0.2) is 0 Å². The molecule has 0 radical (unpaired) electrons. The van der Waals surface area contributed by atoms with Gasteiger partial charge in [-0.1, -0.05) is 35.9 Å². The summed E-state index contributed by atoms with van der Waals surface area (Å²) in [6.45, 7) is 10.0. The molecule has 0 N–H and O–H groups in total. The Morgan fingerprint density at radius 3 is 2.50 bits per heavy atom. The predicted molar refractivity (Wildman–Crippen MR) is 82.6 cm³/mol. The van der Waals surface area contributed by atoms with Crippen molar-refractivity contribution in [2.75, 3.05) is 13.7 Å². The molecule has 0 saturated carbocycles. The number of carbonyl (C=O) groups is 1. The van der Waals surface area contributed by atoms with E-state index in [2.05, 4.69) is 37.8 Å². The molecule has 0 aliphatic rings. The molecule has 110 valence electrons. The molecule has 1 aromatic rings. The zero-order chi connectivity index (χ0) is 15.1. The van der Waals surface area contributed by atoms with Gasteiger partial charge < -0.3 is 9.64 Å². The van der Waals surface area contributed by atoms with E-state index < -0.39 is 6.10 Å². The third kappa shape index (κ3) is 4.49. The van der Waals surface area contributed by atoms with Crippen molar-refractivity contribution in [1.29, 1.82) is 0 Å². The minimum absolute atomic E-state index is 0.00198. The summed E-state index contributed by atoms with van der Waals surface area (Å²) in [6.07, 6.45) is 2.12. The van der Waals surface area contributed by atoms with Crippen LogP contribution in [0.5, 0.6) is 0 Å². The number of ether oxygens (including phenoxy) is 1. The molecule has 2 atom stereocenters. The molecule has 0 bridgehead atoms. The quantitative estimate of drug-likeness (QED) is 0.563. The lowest BCUT2D eigenvalue weighted by molar-refractivity contribution is -0.143. The monoisotopic (exact) mass is 275 g/mol. The highest BCUT2D eigenvalue weighted by Gasteiger charge is 2.22. The zero-order valence-corrected chi connectivity index (χ0v) is 12.9. The molecule has 0 spiro atoms. The van der Waals surface area contributed by atoms with E-state index in [0.717, 1.165) is 12.0 Å². The van der Waals surface area contributed by atoms with Gasteiger partial charge in [0.1, 0.15) is 6.10 Å². The third-order valence-corrected chi connectivity index (χ3v) is 3.53. The summed E-state index contributed by atoms with van der Waals surface area (Å²) in [5, 5.41) is 0. The molecule has 2 unspecified atom stereocenters. The number of amides is 1. The van der Waals surface area contributed by atoms with E-state index in [1.807, 2.05) is 14.0 Å². The lowest BCUT2D eigenvalue weighted by atomic mass is 10.1. The first-order chi connectivity index (χ1) is 9.47. The molecule has 3 heteroatoms. The summed E-state index contributed by atoms with van der Waals surface area (Å²) in [5.74, 6) is 0.00198. The largest absolute Gasteiger partial charge is 0.368 e. The van der Waals surface area contributed by atoms with Crippen molar-refractivity contribution in [2.45, 2.75) is 39.3 Å². The average Bonchev–Trinajstić information content (AvgIpc) is 2.46. The normalized spacial score (nSPS) is 13.6. The van der Waals surface area contributed by atoms with Gasteiger partial charge in [-0.05, 0) is 32.8 Å². The summed E-state index contributed by atoms with van der Waals surface area (Å²) in [6, 6.07) is 8.29. The Balaban J connectivity index is 2.63. The third-order valence-electron chi connectivity index (χ3n) is 3.53. The predicted octanol–water partition coefficient (Wildman–Crippen LogP) is 3.50. The topological polar surface area (TPSA) is 29.5 Å². The van der Waals surface area contributed by atoms with Crippen LogP contribution in [0.1, 0.15) is 37.4 Å². The number of likely N-dealkylation sites (N-methyl/N-ethyl adjacent to an activating group) is 1. The highest BCUT2D eigenvalue weighted by molar-refractivity contribution is 5.80. The summed E-state index contributed by atoms with van der Waals surface area (Å²) < 4.78 is 5.51. The van der Waals surface area contributed by atoms with E-state index in [0.29, 0.717) is 6.61 Å². The Labute approximate surface area is 122 Å². The molecule has 0 fully saturated rings. The second-order valence-electron chi connectivity index (χ2n) is 5.13. The Hall–Kier alpha value is -1.61. The maximum absolute atomic E-state index is 12.3. The van der Waals surface area contributed by atoms with Gasteiger partial charge in [0.2, 0.25) is 0 Å². The summed E-state index contributed by atoms with van der Waals surface area (Å²) >= 11 is 0. The van der Waals surface area contributed by atoms with Crippen molar-refractivity contribution in [3.63, 3.8) is 0 Å². The van der Waals surface area contributed by atoms with Crippen molar-refractivity contribution < 1.29 is 9.53 Å². The summed E-state index contributed by atoms with van der Waals surface area (Å²) in [7, 11) is 1.82. The molecule has 1 amide bonds. The van der Waals surface area contributed by atoms with Crippen LogP contribution in [-0.2, 0) is 9.53 Å². The van der Waals surface area contributed by atoms with Crippen molar-refractivity contribution in [3.05, 3.63) is 48.0 Å². The number of hydrogen-bond acceptors (Lipinski definition) is 2. The van der Waals surface area contributed by atoms with Crippen LogP contribution >= 0.6 is 0 Å². The maximum atomic E-state index is 12.3. The van der Waals surface area contributed by atoms with Crippen molar-refractivity contribution in [1.82, 2.24) is 4.90 Å². The van der Waals surface area contributed by atoms with Gasteiger partial charge in [0.05, 0.1) is 12.6 Å². The molecule has 0 aliphatic carbocycles. The Bertz CT molecular complexity index is 439. The minimum atomic E-state index is -0.423. The fourth-order valence-corrected chi connectivity index (χ4v) is 1.95. The van der Waals surface area contributed by atoms with Gasteiger partial charge in [0.25, 0.3) is 5.91 Å². The van der Waals surface area contributed by atoms with Crippen LogP contribution in [0.15, 0.2) is 36.9 Å². The molecule has 0 aromatic heterocycles. The van der Waals surface area contributed by atoms with Gasteiger partial charge in [-0.2, -0.15) is 0 Å². The van der Waals surface area contributed by atoms with Gasteiger partial charge in [-0.3, -0.25) is 4.79 Å². The SMILES string of the molecule is C=CCCOC(C)C(=O)N(C)C(C)c1ccc(C)cc1. The van der Waals surface area contributed by atoms with Crippen LogP contribution < -0.4 is 0 Å². The maximum Gasteiger partial charge on any atom is 0.251 e. The van der Waals surface area contributed by atoms with Crippen molar-refractivity contribution >= 4 is 5.91 Å². The average molecular weight is 275 g/mol. The number of nitrogens with zero attached hydrogens (tertiary/aromatic N) is 1. The van der Waals surface area contributed by atoms with E-state index in [-0.39, 0.29) is 11.9 Å². The number of rotatable bonds is 7. The van der Waals surface area contributed by atoms with Crippen LogP contribution in [0.4, 0.5) is 0 Å². The second-order valence-corrected chi connectivity index (χ2v) is 5.13. The van der Waals surface area contributed by atoms with Crippen LogP contribution in [0.2, 0.25) is 0 Å². The molecule has 0 heterocycles. The molecular weight excluding hydrogens is 250 g/mol. The van der Waals surface area contributed by atoms with Gasteiger partial charge >= 0.3 is 0 Å². The molecular formula is C17H25NO2. The first-order valence-electron chi connectivity index (χ1n) is 7.03. The van der Waals surface area contributed by atoms with E-state index in [1.165, 1.54) is 5.56 Å². The smallest absolute Gasteiger partial charge is 0.251 e. The summed E-state index contributed by atoms with van der Waals surface area (Å²) in [4.78, 5) is 14.0. The highest BCUT2D eigenvalue weighted by Crippen LogP contribution is 2.20. The van der Waals surface area contributed by atoms with E-state index in [9.17, 15) is 4.79 Å². The van der Waals surface area contributed by atoms with Gasteiger partial charge in [0, 0.05) is 7.05 Å². The van der Waals surface area contributed by atoms with Crippen LogP contribution in [0, 0.1) is 6.92 Å². The van der Waals surface area contributed by atoms with Crippen LogP contribution in [-0.4, -0.2) is 30.6 Å². The Kier molecular flexibility index (Phi) is 6.46. The molecule has 3 nitrogen and oxygen atoms in total. The lowest BCUT2D eigenvalue weighted by Crippen LogP contribution is -2.38. The fourth-order valence-electron chi connectivity index (χ4n) is 1.95. The Morgan fingerprint density at radius 2 is 1.95 bits per heavy atom. The molecule has 1 aromatic carbocycles. The van der Waals surface area contributed by atoms with E-state index in [1.54, 1.807) is 17.9 Å². The van der Waals surface area contributed by atoms with Gasteiger partial charge in [-0.15, -0.1) is 6.58 Å². The van der Waals surface area contributed by atoms with E-state index in [4.69, 9.17) is 4.74 Å². The highest BCUT2D eigenvalue weighted by atomic mass is 16.5. The Morgan fingerprint density at radius 1 is 1.35 bits per heavy atom. The first-order valence-corrected chi connectivity index (χ1v) is 7.03. The minimum Gasteiger partial charge on any atom is -0.368 e. The molecule has 1 rings (SSSR count). The first kappa shape index (κ1) is 16.4. The van der Waals surface area contributed by atoms with Crippen LogP contribution in [0.3, 0.4) is 0 Å². The van der Waals surface area contributed by atoms with Gasteiger partial charge in [0.15, 0.2) is 0 Å². The molecule has 0 aliphatic heterocycles. The van der Waals surface area contributed by atoms with Crippen molar-refractivity contribution in [2.24, 2.45) is 0 Å². The number of hydrogen-bond donors (Lipinski definition) is 0.